The fourth-order valence-corrected chi connectivity index (χ4v) is 4.04. The van der Waals surface area contributed by atoms with Gasteiger partial charge in [0.15, 0.2) is 12.4 Å². The molecule has 11 heteroatoms. The third kappa shape index (κ3) is 5.37. The van der Waals surface area contributed by atoms with Crippen LogP contribution >= 0.6 is 43.5 Å². The second kappa shape index (κ2) is 10.3. The Labute approximate surface area is 204 Å². The molecule has 0 spiro atoms. The molecule has 8 nitrogen and oxygen atoms in total. The number of hydrogen-bond donors (Lipinski definition) is 1. The number of benzene rings is 2. The number of esters is 1. The van der Waals surface area contributed by atoms with Crippen LogP contribution < -0.4 is 15.0 Å². The zero-order valence-corrected chi connectivity index (χ0v) is 20.4. The van der Waals surface area contributed by atoms with Crippen LogP contribution in [0.1, 0.15) is 12.5 Å². The van der Waals surface area contributed by atoms with Gasteiger partial charge in [-0.1, -0.05) is 27.5 Å². The van der Waals surface area contributed by atoms with Gasteiger partial charge >= 0.3 is 12.0 Å². The predicted octanol–water partition coefficient (Wildman–Crippen LogP) is 4.47. The Morgan fingerprint density at radius 1 is 1.16 bits per heavy atom. The molecule has 1 N–H and O–H groups in total. The first kappa shape index (κ1) is 24.0. The summed E-state index contributed by atoms with van der Waals surface area (Å²) >= 11 is 12.8. The molecule has 166 valence electrons. The van der Waals surface area contributed by atoms with Crippen molar-refractivity contribution in [2.75, 3.05) is 18.1 Å². The average Bonchev–Trinajstić information content (AvgIpc) is 2.72. The van der Waals surface area contributed by atoms with Crippen LogP contribution in [0.25, 0.3) is 6.08 Å². The van der Waals surface area contributed by atoms with E-state index in [0.29, 0.717) is 15.7 Å². The maximum Gasteiger partial charge on any atom is 0.344 e. The summed E-state index contributed by atoms with van der Waals surface area (Å²) in [5.41, 5.74) is 0.445. The number of amides is 4. The second-order valence-electron chi connectivity index (χ2n) is 6.34. The molecule has 1 aliphatic rings. The highest BCUT2D eigenvalue weighted by Gasteiger charge is 2.36. The fourth-order valence-electron chi connectivity index (χ4n) is 2.78. The van der Waals surface area contributed by atoms with Crippen LogP contribution in [0.15, 0.2) is 50.9 Å². The molecule has 0 aromatic heterocycles. The van der Waals surface area contributed by atoms with Crippen LogP contribution in [-0.2, 0) is 19.1 Å². The Morgan fingerprint density at radius 2 is 1.84 bits per heavy atom. The van der Waals surface area contributed by atoms with E-state index in [4.69, 9.17) is 21.1 Å². The number of ether oxygens (including phenoxy) is 2. The molecule has 4 amide bonds. The molecule has 3 rings (SSSR count). The Bertz CT molecular complexity index is 1110. The molecule has 1 fully saturated rings. The quantitative estimate of drug-likeness (QED) is 0.305. The SMILES string of the molecule is CCOC(=O)COc1c(Cl)cc(/C=C2\C(=O)NC(=O)N(c3ccc(Br)cc3)C2=O)cc1Br. The first-order chi connectivity index (χ1) is 15.2. The van der Waals surface area contributed by atoms with Gasteiger partial charge in [0.25, 0.3) is 11.8 Å². The van der Waals surface area contributed by atoms with Crippen LogP contribution in [0, 0.1) is 0 Å². The van der Waals surface area contributed by atoms with E-state index in [0.717, 1.165) is 9.37 Å². The van der Waals surface area contributed by atoms with Gasteiger partial charge in [-0.05, 0) is 70.9 Å². The first-order valence-electron chi connectivity index (χ1n) is 9.15. The van der Waals surface area contributed by atoms with E-state index in [1.807, 2.05) is 0 Å². The minimum absolute atomic E-state index is 0.139. The van der Waals surface area contributed by atoms with Crippen LogP contribution in [0.3, 0.4) is 0 Å². The molecular formula is C21H15Br2ClN2O6. The molecule has 0 aliphatic carbocycles. The summed E-state index contributed by atoms with van der Waals surface area (Å²) in [4.78, 5) is 50.0. The summed E-state index contributed by atoms with van der Waals surface area (Å²) in [6.45, 7) is 1.56. The maximum atomic E-state index is 13.0. The van der Waals surface area contributed by atoms with Crippen molar-refractivity contribution in [3.05, 3.63) is 61.5 Å². The van der Waals surface area contributed by atoms with Crippen molar-refractivity contribution < 1.29 is 28.7 Å². The molecule has 1 heterocycles. The highest BCUT2D eigenvalue weighted by atomic mass is 79.9. The molecule has 0 bridgehead atoms. The number of barbiturate groups is 1. The zero-order chi connectivity index (χ0) is 23.4. The van der Waals surface area contributed by atoms with Crippen LogP contribution in [-0.4, -0.2) is 37.0 Å². The highest BCUT2D eigenvalue weighted by molar-refractivity contribution is 9.10. The van der Waals surface area contributed by atoms with Gasteiger partial charge in [-0.2, -0.15) is 0 Å². The number of imide groups is 2. The van der Waals surface area contributed by atoms with Crippen molar-refractivity contribution in [3.63, 3.8) is 0 Å². The normalized spacial score (nSPS) is 15.1. The summed E-state index contributed by atoms with van der Waals surface area (Å²) in [6.07, 6.45) is 1.31. The Balaban J connectivity index is 1.89. The third-order valence-electron chi connectivity index (χ3n) is 4.16. The molecule has 1 saturated heterocycles. The number of nitrogens with zero attached hydrogens (tertiary/aromatic N) is 1. The van der Waals surface area contributed by atoms with Gasteiger partial charge < -0.3 is 9.47 Å². The van der Waals surface area contributed by atoms with Gasteiger partial charge in [0.05, 0.1) is 21.8 Å². The van der Waals surface area contributed by atoms with Crippen molar-refractivity contribution in [1.82, 2.24) is 5.32 Å². The van der Waals surface area contributed by atoms with Crippen molar-refractivity contribution in [2.24, 2.45) is 0 Å². The lowest BCUT2D eigenvalue weighted by molar-refractivity contribution is -0.145. The molecule has 2 aromatic carbocycles. The van der Waals surface area contributed by atoms with Gasteiger partial charge in [-0.15, -0.1) is 0 Å². The van der Waals surface area contributed by atoms with Gasteiger partial charge in [-0.25, -0.2) is 14.5 Å². The number of nitrogens with one attached hydrogen (secondary N) is 1. The maximum absolute atomic E-state index is 13.0. The second-order valence-corrected chi connectivity index (χ2v) is 8.52. The summed E-state index contributed by atoms with van der Waals surface area (Å²) in [6, 6.07) is 8.64. The lowest BCUT2D eigenvalue weighted by atomic mass is 10.1. The lowest BCUT2D eigenvalue weighted by Crippen LogP contribution is -2.54. The average molecular weight is 587 g/mol. The third-order valence-corrected chi connectivity index (χ3v) is 5.56. The lowest BCUT2D eigenvalue weighted by Gasteiger charge is -2.26. The summed E-state index contributed by atoms with van der Waals surface area (Å²) in [5.74, 6) is -1.96. The van der Waals surface area contributed by atoms with Gasteiger partial charge in [-0.3, -0.25) is 14.9 Å². The van der Waals surface area contributed by atoms with Crippen molar-refractivity contribution in [3.8, 4) is 5.75 Å². The zero-order valence-electron chi connectivity index (χ0n) is 16.5. The monoisotopic (exact) mass is 584 g/mol. The number of anilines is 1. The van der Waals surface area contributed by atoms with E-state index in [-0.39, 0.29) is 29.6 Å². The molecule has 0 atom stereocenters. The van der Waals surface area contributed by atoms with Crippen LogP contribution in [0.4, 0.5) is 10.5 Å². The van der Waals surface area contributed by atoms with E-state index in [2.05, 4.69) is 37.2 Å². The number of urea groups is 1. The first-order valence-corrected chi connectivity index (χ1v) is 11.1. The van der Waals surface area contributed by atoms with Gasteiger partial charge in [0, 0.05) is 4.47 Å². The minimum Gasteiger partial charge on any atom is -0.479 e. The van der Waals surface area contributed by atoms with Crippen molar-refractivity contribution in [2.45, 2.75) is 6.92 Å². The number of halogens is 3. The van der Waals surface area contributed by atoms with Crippen LogP contribution in [0.5, 0.6) is 5.75 Å². The number of carbonyl (C=O) groups is 4. The minimum atomic E-state index is -0.846. The summed E-state index contributed by atoms with van der Waals surface area (Å²) in [7, 11) is 0. The van der Waals surface area contributed by atoms with Crippen molar-refractivity contribution >= 4 is 79.0 Å². The standard InChI is InChI=1S/C21H15Br2ClN2O6/c1-2-31-17(27)10-32-18-15(23)8-11(9-16(18)24)7-14-19(28)25-21(30)26(20(14)29)13-5-3-12(22)4-6-13/h3-9H,2,10H2,1H3,(H,25,28,30)/b14-7+. The summed E-state index contributed by atoms with van der Waals surface area (Å²) < 4.78 is 11.4. The largest absolute Gasteiger partial charge is 0.479 e. The van der Waals surface area contributed by atoms with Gasteiger partial charge in [0.1, 0.15) is 5.57 Å². The smallest absolute Gasteiger partial charge is 0.344 e. The molecule has 2 aromatic rings. The highest BCUT2D eigenvalue weighted by Crippen LogP contribution is 2.35. The molecule has 0 saturated carbocycles. The molecular weight excluding hydrogens is 572 g/mol. The van der Waals surface area contributed by atoms with E-state index in [9.17, 15) is 19.2 Å². The van der Waals surface area contributed by atoms with Crippen LogP contribution in [0.2, 0.25) is 5.02 Å². The van der Waals surface area contributed by atoms with Crippen molar-refractivity contribution in [1.29, 1.82) is 0 Å². The predicted molar refractivity (Wildman–Crippen MR) is 124 cm³/mol. The summed E-state index contributed by atoms with van der Waals surface area (Å²) in [5, 5.41) is 2.29. The number of rotatable bonds is 6. The number of hydrogen-bond acceptors (Lipinski definition) is 6. The topological polar surface area (TPSA) is 102 Å². The molecule has 0 unspecified atom stereocenters. The fraction of sp³-hybridized carbons (Fsp3) is 0.143. The van der Waals surface area contributed by atoms with Gasteiger partial charge in [0.2, 0.25) is 0 Å². The van der Waals surface area contributed by atoms with E-state index >= 15 is 0 Å². The van der Waals surface area contributed by atoms with E-state index in [1.54, 1.807) is 37.3 Å². The van der Waals surface area contributed by atoms with E-state index < -0.39 is 23.8 Å². The Kier molecular flexibility index (Phi) is 7.70. The molecule has 1 aliphatic heterocycles. The molecule has 32 heavy (non-hydrogen) atoms. The molecule has 0 radical (unpaired) electrons. The van der Waals surface area contributed by atoms with E-state index in [1.165, 1.54) is 12.1 Å². The Morgan fingerprint density at radius 3 is 2.47 bits per heavy atom. The number of carbonyl (C=O) groups excluding carboxylic acids is 4. The Hall–Kier alpha value is -2.69.